The van der Waals surface area contributed by atoms with Crippen LogP contribution in [0.3, 0.4) is 0 Å². The van der Waals surface area contributed by atoms with Gasteiger partial charge in [-0.15, -0.1) is 0 Å². The molecule has 0 fully saturated rings. The SMILES string of the molecule is COC(=O)c1cc(-c2ccc(C)cc2)nc2onc(C)c12. The summed E-state index contributed by atoms with van der Waals surface area (Å²) in [7, 11) is 1.35. The first-order valence-electron chi connectivity index (χ1n) is 6.52. The zero-order valence-corrected chi connectivity index (χ0v) is 12.0. The average molecular weight is 282 g/mol. The molecule has 0 saturated carbocycles. The Bertz CT molecular complexity index is 819. The van der Waals surface area contributed by atoms with Crippen LogP contribution >= 0.6 is 0 Å². The molecule has 0 unspecified atom stereocenters. The van der Waals surface area contributed by atoms with Gasteiger partial charge in [-0.05, 0) is 19.9 Å². The first-order valence-corrected chi connectivity index (χ1v) is 6.52. The zero-order valence-electron chi connectivity index (χ0n) is 12.0. The van der Waals surface area contributed by atoms with E-state index < -0.39 is 5.97 Å². The van der Waals surface area contributed by atoms with Gasteiger partial charge in [0.15, 0.2) is 0 Å². The Hall–Kier alpha value is -2.69. The van der Waals surface area contributed by atoms with Crippen LogP contribution < -0.4 is 0 Å². The Morgan fingerprint density at radius 1 is 1.19 bits per heavy atom. The summed E-state index contributed by atoms with van der Waals surface area (Å²) in [5.74, 6) is -0.429. The number of aryl methyl sites for hydroxylation is 2. The lowest BCUT2D eigenvalue weighted by Gasteiger charge is -2.05. The molecule has 21 heavy (non-hydrogen) atoms. The molecule has 3 aromatic rings. The van der Waals surface area contributed by atoms with Crippen LogP contribution in [0, 0.1) is 13.8 Å². The largest absolute Gasteiger partial charge is 0.465 e. The predicted molar refractivity (Wildman–Crippen MR) is 78.1 cm³/mol. The number of esters is 1. The highest BCUT2D eigenvalue weighted by Crippen LogP contribution is 2.27. The topological polar surface area (TPSA) is 65.2 Å². The van der Waals surface area contributed by atoms with Gasteiger partial charge in [-0.1, -0.05) is 35.0 Å². The minimum Gasteiger partial charge on any atom is -0.465 e. The van der Waals surface area contributed by atoms with Gasteiger partial charge in [0, 0.05) is 5.56 Å². The number of carbonyl (C=O) groups excluding carboxylic acids is 1. The quantitative estimate of drug-likeness (QED) is 0.675. The van der Waals surface area contributed by atoms with Crippen molar-refractivity contribution in [2.24, 2.45) is 0 Å². The highest BCUT2D eigenvalue weighted by atomic mass is 16.5. The number of methoxy groups -OCH3 is 1. The molecule has 2 heterocycles. The highest BCUT2D eigenvalue weighted by molar-refractivity contribution is 6.04. The van der Waals surface area contributed by atoms with Crippen molar-refractivity contribution in [1.82, 2.24) is 10.1 Å². The van der Waals surface area contributed by atoms with E-state index in [1.165, 1.54) is 7.11 Å². The van der Waals surface area contributed by atoms with E-state index >= 15 is 0 Å². The van der Waals surface area contributed by atoms with Crippen molar-refractivity contribution in [3.8, 4) is 11.3 Å². The van der Waals surface area contributed by atoms with E-state index in [1.807, 2.05) is 31.2 Å². The minimum atomic E-state index is -0.429. The van der Waals surface area contributed by atoms with E-state index in [0.29, 0.717) is 28.1 Å². The lowest BCUT2D eigenvalue weighted by molar-refractivity contribution is 0.0603. The number of aromatic nitrogens is 2. The van der Waals surface area contributed by atoms with Crippen LogP contribution in [0.2, 0.25) is 0 Å². The van der Waals surface area contributed by atoms with Crippen LogP contribution in [0.4, 0.5) is 0 Å². The van der Waals surface area contributed by atoms with E-state index in [0.717, 1.165) is 11.1 Å². The Labute approximate surface area is 121 Å². The molecule has 0 aliphatic rings. The molecule has 5 nitrogen and oxygen atoms in total. The molecule has 106 valence electrons. The summed E-state index contributed by atoms with van der Waals surface area (Å²) in [6.45, 7) is 3.78. The fraction of sp³-hybridized carbons (Fsp3) is 0.188. The van der Waals surface area contributed by atoms with Gasteiger partial charge >= 0.3 is 5.97 Å². The lowest BCUT2D eigenvalue weighted by Crippen LogP contribution is -2.03. The van der Waals surface area contributed by atoms with Gasteiger partial charge in [0.1, 0.15) is 0 Å². The molecule has 0 atom stereocenters. The molecule has 5 heteroatoms. The molecule has 0 saturated heterocycles. The van der Waals surface area contributed by atoms with Crippen molar-refractivity contribution in [2.75, 3.05) is 7.11 Å². The number of rotatable bonds is 2. The molecule has 1 aromatic carbocycles. The van der Waals surface area contributed by atoms with Gasteiger partial charge in [0.05, 0.1) is 29.4 Å². The monoisotopic (exact) mass is 282 g/mol. The maximum Gasteiger partial charge on any atom is 0.338 e. The summed E-state index contributed by atoms with van der Waals surface area (Å²) < 4.78 is 10.0. The molecular formula is C16H14N2O3. The fourth-order valence-corrected chi connectivity index (χ4v) is 2.24. The number of fused-ring (bicyclic) bond motifs is 1. The number of hydrogen-bond acceptors (Lipinski definition) is 5. The first kappa shape index (κ1) is 13.3. The molecule has 0 aliphatic carbocycles. The zero-order chi connectivity index (χ0) is 15.0. The molecule has 3 rings (SSSR count). The number of nitrogens with zero attached hydrogens (tertiary/aromatic N) is 2. The van der Waals surface area contributed by atoms with Crippen molar-refractivity contribution in [1.29, 1.82) is 0 Å². The van der Waals surface area contributed by atoms with Crippen LogP contribution in [0.5, 0.6) is 0 Å². The molecule has 0 N–H and O–H groups in total. The van der Waals surface area contributed by atoms with Crippen LogP contribution in [-0.4, -0.2) is 23.2 Å². The van der Waals surface area contributed by atoms with E-state index in [9.17, 15) is 4.79 Å². The normalized spacial score (nSPS) is 10.8. The molecule has 0 amide bonds. The number of ether oxygens (including phenoxy) is 1. The Kier molecular flexibility index (Phi) is 3.17. The fourth-order valence-electron chi connectivity index (χ4n) is 2.24. The molecular weight excluding hydrogens is 268 g/mol. The molecule has 0 radical (unpaired) electrons. The van der Waals surface area contributed by atoms with Crippen LogP contribution in [0.1, 0.15) is 21.6 Å². The van der Waals surface area contributed by atoms with Crippen LogP contribution in [0.25, 0.3) is 22.4 Å². The Morgan fingerprint density at radius 3 is 2.57 bits per heavy atom. The van der Waals surface area contributed by atoms with Crippen molar-refractivity contribution in [2.45, 2.75) is 13.8 Å². The van der Waals surface area contributed by atoms with Gasteiger partial charge in [-0.25, -0.2) is 9.78 Å². The summed E-state index contributed by atoms with van der Waals surface area (Å²) in [5.41, 5.74) is 4.08. The average Bonchev–Trinajstić information content (AvgIpc) is 2.88. The molecule has 2 aromatic heterocycles. The Balaban J connectivity index is 2.25. The van der Waals surface area contributed by atoms with Crippen molar-refractivity contribution in [3.05, 3.63) is 47.2 Å². The lowest BCUT2D eigenvalue weighted by atomic mass is 10.0. The van der Waals surface area contributed by atoms with E-state index in [1.54, 1.807) is 13.0 Å². The molecule has 0 spiro atoms. The summed E-state index contributed by atoms with van der Waals surface area (Å²) in [6.07, 6.45) is 0. The molecule has 0 bridgehead atoms. The number of benzene rings is 1. The third kappa shape index (κ3) is 2.27. The first-order chi connectivity index (χ1) is 10.1. The smallest absolute Gasteiger partial charge is 0.338 e. The van der Waals surface area contributed by atoms with Gasteiger partial charge in [-0.2, -0.15) is 0 Å². The summed E-state index contributed by atoms with van der Waals surface area (Å²) in [5, 5.41) is 4.47. The van der Waals surface area contributed by atoms with E-state index in [4.69, 9.17) is 9.26 Å². The van der Waals surface area contributed by atoms with Crippen molar-refractivity contribution < 1.29 is 14.1 Å². The van der Waals surface area contributed by atoms with Crippen LogP contribution in [0.15, 0.2) is 34.9 Å². The third-order valence-corrected chi connectivity index (χ3v) is 3.37. The van der Waals surface area contributed by atoms with Gasteiger partial charge < -0.3 is 9.26 Å². The number of carbonyl (C=O) groups is 1. The Morgan fingerprint density at radius 2 is 1.90 bits per heavy atom. The third-order valence-electron chi connectivity index (χ3n) is 3.37. The van der Waals surface area contributed by atoms with Gasteiger partial charge in [-0.3, -0.25) is 0 Å². The summed E-state index contributed by atoms with van der Waals surface area (Å²) >= 11 is 0. The van der Waals surface area contributed by atoms with E-state index in [2.05, 4.69) is 10.1 Å². The summed E-state index contributed by atoms with van der Waals surface area (Å²) in [6, 6.07) is 9.60. The molecule has 0 aliphatic heterocycles. The number of pyridine rings is 1. The second-order valence-corrected chi connectivity index (χ2v) is 4.86. The standard InChI is InChI=1S/C16H14N2O3/c1-9-4-6-11(7-5-9)13-8-12(16(19)20-3)14-10(2)18-21-15(14)17-13/h4-8H,1-3H3. The van der Waals surface area contributed by atoms with Crippen molar-refractivity contribution in [3.63, 3.8) is 0 Å². The van der Waals surface area contributed by atoms with Crippen molar-refractivity contribution >= 4 is 17.1 Å². The highest BCUT2D eigenvalue weighted by Gasteiger charge is 2.19. The van der Waals surface area contributed by atoms with Gasteiger partial charge in [0.25, 0.3) is 5.71 Å². The maximum absolute atomic E-state index is 12.0. The van der Waals surface area contributed by atoms with E-state index in [-0.39, 0.29) is 0 Å². The second-order valence-electron chi connectivity index (χ2n) is 4.86. The predicted octanol–water partition coefficient (Wildman–Crippen LogP) is 3.29. The van der Waals surface area contributed by atoms with Crippen LogP contribution in [-0.2, 0) is 4.74 Å². The second kappa shape index (κ2) is 5.01. The minimum absolute atomic E-state index is 0.339. The number of hydrogen-bond donors (Lipinski definition) is 0. The van der Waals surface area contributed by atoms with Gasteiger partial charge in [0.2, 0.25) is 0 Å². The summed E-state index contributed by atoms with van der Waals surface area (Å²) in [4.78, 5) is 16.4. The maximum atomic E-state index is 12.0.